The van der Waals surface area contributed by atoms with Gasteiger partial charge in [-0.15, -0.1) is 11.3 Å². The molecule has 0 saturated carbocycles. The van der Waals surface area contributed by atoms with Gasteiger partial charge in [0.2, 0.25) is 0 Å². The van der Waals surface area contributed by atoms with Gasteiger partial charge in [0.1, 0.15) is 0 Å². The van der Waals surface area contributed by atoms with Crippen molar-refractivity contribution in [3.8, 4) is 0 Å². The van der Waals surface area contributed by atoms with E-state index >= 15 is 0 Å². The molecule has 1 N–H and O–H groups in total. The van der Waals surface area contributed by atoms with Crippen LogP contribution in [0, 0.1) is 0 Å². The van der Waals surface area contributed by atoms with Crippen LogP contribution in [0.4, 0.5) is 0 Å². The number of aromatic nitrogens is 2. The molecular formula is C14H17N3S. The lowest BCUT2D eigenvalue weighted by Crippen LogP contribution is -2.27. The summed E-state index contributed by atoms with van der Waals surface area (Å²) in [7, 11) is 2.02. The first-order valence-electron chi connectivity index (χ1n) is 6.39. The predicted molar refractivity (Wildman–Crippen MR) is 73.8 cm³/mol. The molecule has 94 valence electrons. The van der Waals surface area contributed by atoms with Crippen molar-refractivity contribution < 1.29 is 0 Å². The van der Waals surface area contributed by atoms with Crippen molar-refractivity contribution in [1.82, 2.24) is 15.3 Å². The third-order valence-corrected chi connectivity index (χ3v) is 4.33. The molecule has 3 rings (SSSR count). The molecule has 4 heteroatoms. The van der Waals surface area contributed by atoms with Gasteiger partial charge in [0.05, 0.1) is 17.2 Å². The van der Waals surface area contributed by atoms with Gasteiger partial charge in [-0.05, 0) is 37.9 Å². The second kappa shape index (κ2) is 5.16. The quantitative estimate of drug-likeness (QED) is 0.921. The summed E-state index contributed by atoms with van der Waals surface area (Å²) >= 11 is 1.66. The Morgan fingerprint density at radius 1 is 1.44 bits per heavy atom. The Bertz CT molecular complexity index is 510. The van der Waals surface area contributed by atoms with Gasteiger partial charge in [0.15, 0.2) is 0 Å². The smallest absolute Gasteiger partial charge is 0.0795 e. The van der Waals surface area contributed by atoms with Gasteiger partial charge in [-0.2, -0.15) is 0 Å². The maximum absolute atomic E-state index is 4.62. The van der Waals surface area contributed by atoms with Crippen molar-refractivity contribution in [1.29, 1.82) is 0 Å². The lowest BCUT2D eigenvalue weighted by Gasteiger charge is -2.30. The summed E-state index contributed by atoms with van der Waals surface area (Å²) < 4.78 is 0. The highest BCUT2D eigenvalue weighted by Gasteiger charge is 2.30. The topological polar surface area (TPSA) is 37.8 Å². The van der Waals surface area contributed by atoms with Crippen LogP contribution in [-0.4, -0.2) is 17.0 Å². The number of hydrogen-bond acceptors (Lipinski definition) is 4. The van der Waals surface area contributed by atoms with Crippen molar-refractivity contribution in [2.24, 2.45) is 0 Å². The van der Waals surface area contributed by atoms with Crippen molar-refractivity contribution in [3.05, 3.63) is 46.2 Å². The first kappa shape index (κ1) is 11.8. The molecule has 1 aliphatic carbocycles. The molecule has 2 aromatic rings. The fraction of sp³-hybridized carbons (Fsp3) is 0.429. The van der Waals surface area contributed by atoms with Crippen LogP contribution in [0.15, 0.2) is 29.2 Å². The van der Waals surface area contributed by atoms with Crippen LogP contribution in [0.1, 0.15) is 41.8 Å². The van der Waals surface area contributed by atoms with Crippen LogP contribution in [-0.2, 0) is 6.42 Å². The van der Waals surface area contributed by atoms with Crippen LogP contribution in [0.5, 0.6) is 0 Å². The minimum Gasteiger partial charge on any atom is -0.311 e. The molecule has 3 nitrogen and oxygen atoms in total. The first-order chi connectivity index (χ1) is 8.90. The number of aryl methyl sites for hydroxylation is 1. The van der Waals surface area contributed by atoms with Crippen molar-refractivity contribution in [2.75, 3.05) is 7.05 Å². The molecule has 0 aliphatic heterocycles. The van der Waals surface area contributed by atoms with E-state index in [2.05, 4.69) is 26.7 Å². The number of rotatable bonds is 3. The zero-order valence-electron chi connectivity index (χ0n) is 10.5. The summed E-state index contributed by atoms with van der Waals surface area (Å²) in [4.78, 5) is 9.08. The lowest BCUT2D eigenvalue weighted by atomic mass is 9.81. The molecule has 2 aromatic heterocycles. The molecule has 18 heavy (non-hydrogen) atoms. The fourth-order valence-electron chi connectivity index (χ4n) is 2.90. The van der Waals surface area contributed by atoms with E-state index < -0.39 is 0 Å². The minimum absolute atomic E-state index is 0.283. The maximum atomic E-state index is 4.62. The zero-order valence-corrected chi connectivity index (χ0v) is 11.3. The maximum Gasteiger partial charge on any atom is 0.0795 e. The molecule has 2 heterocycles. The van der Waals surface area contributed by atoms with Gasteiger partial charge in [-0.1, -0.05) is 6.07 Å². The number of hydrogen-bond donors (Lipinski definition) is 1. The molecule has 0 spiro atoms. The average Bonchev–Trinajstić information content (AvgIpc) is 2.94. The van der Waals surface area contributed by atoms with E-state index in [1.807, 2.05) is 24.8 Å². The van der Waals surface area contributed by atoms with E-state index in [0.717, 1.165) is 12.1 Å². The fourth-order valence-corrected chi connectivity index (χ4v) is 3.49. The number of likely N-dealkylation sites (N-methyl/N-ethyl adjacent to an activating group) is 1. The number of thiazole rings is 1. The summed E-state index contributed by atoms with van der Waals surface area (Å²) in [6.07, 6.45) is 5.50. The molecule has 0 saturated heterocycles. The van der Waals surface area contributed by atoms with E-state index in [1.165, 1.54) is 24.1 Å². The summed E-state index contributed by atoms with van der Waals surface area (Å²) in [6, 6.07) is 4.53. The van der Waals surface area contributed by atoms with Crippen molar-refractivity contribution in [2.45, 2.75) is 31.2 Å². The zero-order chi connectivity index (χ0) is 12.4. The van der Waals surface area contributed by atoms with Gasteiger partial charge in [-0.3, -0.25) is 4.98 Å². The second-order valence-corrected chi connectivity index (χ2v) is 5.44. The Hall–Kier alpha value is -1.26. The Balaban J connectivity index is 1.97. The Kier molecular flexibility index (Phi) is 3.39. The summed E-state index contributed by atoms with van der Waals surface area (Å²) in [5.74, 6) is 0.446. The Morgan fingerprint density at radius 3 is 3.17 bits per heavy atom. The third kappa shape index (κ3) is 2.06. The number of nitrogens with zero attached hydrogens (tertiary/aromatic N) is 2. The van der Waals surface area contributed by atoms with E-state index in [-0.39, 0.29) is 6.04 Å². The van der Waals surface area contributed by atoms with E-state index in [4.69, 9.17) is 0 Å². The lowest BCUT2D eigenvalue weighted by molar-refractivity contribution is 0.410. The number of nitrogens with one attached hydrogen (secondary N) is 1. The molecular weight excluding hydrogens is 242 g/mol. The predicted octanol–water partition coefficient (Wildman–Crippen LogP) is 2.92. The largest absolute Gasteiger partial charge is 0.311 e. The van der Waals surface area contributed by atoms with Gasteiger partial charge in [0, 0.05) is 23.2 Å². The summed E-state index contributed by atoms with van der Waals surface area (Å²) in [5.41, 5.74) is 5.72. The molecule has 2 atom stereocenters. The van der Waals surface area contributed by atoms with Crippen LogP contribution in [0.25, 0.3) is 0 Å². The highest BCUT2D eigenvalue weighted by atomic mass is 32.1. The molecule has 2 unspecified atom stereocenters. The highest BCUT2D eigenvalue weighted by molar-refractivity contribution is 7.07. The standard InChI is InChI=1S/C14H17N3S/c1-15-14(12-8-18-9-17-12)11-6-2-4-10-5-3-7-16-13(10)11/h3,5,7-9,11,14-15H,2,4,6H2,1H3. The van der Waals surface area contributed by atoms with Crippen molar-refractivity contribution >= 4 is 11.3 Å². The number of pyridine rings is 1. The molecule has 0 bridgehead atoms. The molecule has 1 aliphatic rings. The highest BCUT2D eigenvalue weighted by Crippen LogP contribution is 2.38. The van der Waals surface area contributed by atoms with Gasteiger partial charge >= 0.3 is 0 Å². The summed E-state index contributed by atoms with van der Waals surface area (Å²) in [6.45, 7) is 0. The number of fused-ring (bicyclic) bond motifs is 1. The summed E-state index contributed by atoms with van der Waals surface area (Å²) in [5, 5.41) is 5.56. The molecule has 0 radical (unpaired) electrons. The monoisotopic (exact) mass is 259 g/mol. The normalized spacial score (nSPS) is 20.4. The molecule has 0 fully saturated rings. The van der Waals surface area contributed by atoms with Crippen LogP contribution >= 0.6 is 11.3 Å². The molecule has 0 aromatic carbocycles. The van der Waals surface area contributed by atoms with Gasteiger partial charge in [0.25, 0.3) is 0 Å². The first-order valence-corrected chi connectivity index (χ1v) is 7.33. The van der Waals surface area contributed by atoms with Crippen LogP contribution in [0.2, 0.25) is 0 Å². The van der Waals surface area contributed by atoms with Crippen LogP contribution in [0.3, 0.4) is 0 Å². The van der Waals surface area contributed by atoms with Crippen molar-refractivity contribution in [3.63, 3.8) is 0 Å². The minimum atomic E-state index is 0.283. The van der Waals surface area contributed by atoms with Gasteiger partial charge < -0.3 is 5.32 Å². The Morgan fingerprint density at radius 2 is 2.39 bits per heavy atom. The third-order valence-electron chi connectivity index (χ3n) is 3.72. The van der Waals surface area contributed by atoms with E-state index in [0.29, 0.717) is 5.92 Å². The average molecular weight is 259 g/mol. The van der Waals surface area contributed by atoms with E-state index in [1.54, 1.807) is 11.3 Å². The second-order valence-electron chi connectivity index (χ2n) is 4.73. The molecule has 0 amide bonds. The van der Waals surface area contributed by atoms with Gasteiger partial charge in [-0.25, -0.2) is 4.98 Å². The van der Waals surface area contributed by atoms with E-state index in [9.17, 15) is 0 Å². The SMILES string of the molecule is CNC(c1cscn1)C1CCCc2cccnc21. The van der Waals surface area contributed by atoms with Crippen LogP contribution < -0.4 is 5.32 Å². The Labute approximate surface area is 111 Å².